The second-order valence-electron chi connectivity index (χ2n) is 5.68. The van der Waals surface area contributed by atoms with Crippen LogP contribution in [-0.2, 0) is 4.79 Å². The molecule has 1 unspecified atom stereocenters. The van der Waals surface area contributed by atoms with Gasteiger partial charge in [-0.3, -0.25) is 4.79 Å². The third-order valence-corrected chi connectivity index (χ3v) is 4.37. The number of rotatable bonds is 4. The fourth-order valence-electron chi connectivity index (χ4n) is 2.99. The van der Waals surface area contributed by atoms with E-state index in [9.17, 15) is 9.90 Å². The lowest BCUT2D eigenvalue weighted by atomic mass is 9.77. The van der Waals surface area contributed by atoms with Crippen LogP contribution in [0.4, 0.5) is 5.95 Å². The van der Waals surface area contributed by atoms with Crippen molar-refractivity contribution in [3.63, 3.8) is 0 Å². The molecule has 1 saturated heterocycles. The molecule has 1 aliphatic carbocycles. The molecule has 1 saturated carbocycles. The number of nitrogens with one attached hydrogen (secondary N) is 1. The van der Waals surface area contributed by atoms with E-state index >= 15 is 0 Å². The number of aliphatic hydroxyl groups excluding tert-OH is 1. The Morgan fingerprint density at radius 3 is 2.75 bits per heavy atom. The van der Waals surface area contributed by atoms with Crippen molar-refractivity contribution < 1.29 is 9.90 Å². The van der Waals surface area contributed by atoms with Crippen LogP contribution in [0, 0.1) is 0 Å². The Hall–Kier alpha value is -1.69. The van der Waals surface area contributed by atoms with Crippen molar-refractivity contribution in [2.75, 3.05) is 18.1 Å². The molecule has 20 heavy (non-hydrogen) atoms. The topological polar surface area (TPSA) is 78.4 Å². The minimum Gasteiger partial charge on any atom is -0.394 e. The molecule has 0 radical (unpaired) electrons. The largest absolute Gasteiger partial charge is 0.394 e. The first-order chi connectivity index (χ1) is 9.74. The Bertz CT molecular complexity index is 470. The van der Waals surface area contributed by atoms with Gasteiger partial charge in [-0.15, -0.1) is 0 Å². The summed E-state index contributed by atoms with van der Waals surface area (Å²) in [5.41, 5.74) is -0.386. The Kier molecular flexibility index (Phi) is 3.56. The minimum absolute atomic E-state index is 0.0105. The molecule has 2 N–H and O–H groups in total. The van der Waals surface area contributed by atoms with Crippen LogP contribution in [-0.4, -0.2) is 45.7 Å². The van der Waals surface area contributed by atoms with Gasteiger partial charge in [-0.1, -0.05) is 0 Å². The number of hydrogen-bond donors (Lipinski definition) is 2. The van der Waals surface area contributed by atoms with E-state index in [4.69, 9.17) is 0 Å². The minimum atomic E-state index is -0.386. The first kappa shape index (κ1) is 13.3. The Morgan fingerprint density at radius 2 is 2.15 bits per heavy atom. The predicted octanol–water partition coefficient (Wildman–Crippen LogP) is 0.477. The third kappa shape index (κ3) is 2.35. The van der Waals surface area contributed by atoms with Crippen molar-refractivity contribution in [3.8, 4) is 0 Å². The lowest BCUT2D eigenvalue weighted by Crippen LogP contribution is -2.59. The van der Waals surface area contributed by atoms with E-state index in [2.05, 4.69) is 15.3 Å². The van der Waals surface area contributed by atoms with Crippen LogP contribution in [0.25, 0.3) is 0 Å². The number of amides is 1. The van der Waals surface area contributed by atoms with E-state index in [1.54, 1.807) is 18.5 Å². The van der Waals surface area contributed by atoms with Crippen LogP contribution in [0.2, 0.25) is 0 Å². The highest BCUT2D eigenvalue weighted by Crippen LogP contribution is 2.32. The summed E-state index contributed by atoms with van der Waals surface area (Å²) >= 11 is 0. The molecule has 0 spiro atoms. The van der Waals surface area contributed by atoms with Crippen molar-refractivity contribution in [3.05, 3.63) is 18.5 Å². The first-order valence-corrected chi connectivity index (χ1v) is 7.21. The summed E-state index contributed by atoms with van der Waals surface area (Å²) in [6, 6.07) is 1.55. The summed E-state index contributed by atoms with van der Waals surface area (Å²) in [7, 11) is 0. The van der Waals surface area contributed by atoms with Crippen molar-refractivity contribution in [2.45, 2.75) is 43.7 Å². The standard InChI is InChI=1S/C14H20N4O2/c19-10-14(5-2-6-14)17-12(20)11-4-1-9-18(11)13-15-7-3-8-16-13/h3,7-8,11,19H,1-2,4-6,9-10H2,(H,17,20). The zero-order valence-corrected chi connectivity index (χ0v) is 11.5. The zero-order chi connectivity index (χ0) is 14.0. The average molecular weight is 276 g/mol. The summed E-state index contributed by atoms with van der Waals surface area (Å²) in [4.78, 5) is 22.9. The molecule has 108 valence electrons. The van der Waals surface area contributed by atoms with E-state index in [0.717, 1.165) is 38.6 Å². The molecule has 2 heterocycles. The van der Waals surface area contributed by atoms with Gasteiger partial charge in [0.05, 0.1) is 12.1 Å². The molecule has 1 aromatic heterocycles. The third-order valence-electron chi connectivity index (χ3n) is 4.37. The Balaban J connectivity index is 1.70. The summed E-state index contributed by atoms with van der Waals surface area (Å²) < 4.78 is 0. The molecule has 1 atom stereocenters. The molecule has 1 aliphatic heterocycles. The van der Waals surface area contributed by atoms with E-state index in [-0.39, 0.29) is 24.1 Å². The van der Waals surface area contributed by atoms with Crippen LogP contribution in [0.5, 0.6) is 0 Å². The lowest BCUT2D eigenvalue weighted by Gasteiger charge is -2.42. The van der Waals surface area contributed by atoms with Crippen molar-refractivity contribution in [2.24, 2.45) is 0 Å². The molecule has 1 amide bonds. The van der Waals surface area contributed by atoms with Crippen molar-refractivity contribution in [1.29, 1.82) is 0 Å². The smallest absolute Gasteiger partial charge is 0.243 e. The van der Waals surface area contributed by atoms with Crippen LogP contribution >= 0.6 is 0 Å². The number of anilines is 1. The highest BCUT2D eigenvalue weighted by molar-refractivity contribution is 5.86. The normalized spacial score (nSPS) is 24.2. The maximum absolute atomic E-state index is 12.5. The van der Waals surface area contributed by atoms with E-state index in [0.29, 0.717) is 5.95 Å². The Labute approximate surface area is 118 Å². The van der Waals surface area contributed by atoms with Gasteiger partial charge < -0.3 is 15.3 Å². The number of carbonyl (C=O) groups excluding carboxylic acids is 1. The molecule has 0 aromatic carbocycles. The number of aliphatic hydroxyl groups is 1. The zero-order valence-electron chi connectivity index (χ0n) is 11.5. The average Bonchev–Trinajstić information content (AvgIpc) is 2.93. The van der Waals surface area contributed by atoms with Gasteiger partial charge in [0.1, 0.15) is 6.04 Å². The highest BCUT2D eigenvalue weighted by atomic mass is 16.3. The number of nitrogens with zero attached hydrogens (tertiary/aromatic N) is 3. The van der Waals surface area contributed by atoms with E-state index < -0.39 is 0 Å². The number of carbonyl (C=O) groups is 1. The second-order valence-corrected chi connectivity index (χ2v) is 5.68. The summed E-state index contributed by atoms with van der Waals surface area (Å²) in [5.74, 6) is 0.598. The monoisotopic (exact) mass is 276 g/mol. The van der Waals surface area contributed by atoms with Crippen LogP contribution in [0.1, 0.15) is 32.1 Å². The maximum atomic E-state index is 12.5. The molecule has 2 aliphatic rings. The molecule has 2 fully saturated rings. The fourth-order valence-corrected chi connectivity index (χ4v) is 2.99. The van der Waals surface area contributed by atoms with Gasteiger partial charge in [-0.25, -0.2) is 9.97 Å². The van der Waals surface area contributed by atoms with Gasteiger partial charge in [0.25, 0.3) is 0 Å². The van der Waals surface area contributed by atoms with Gasteiger partial charge in [0.15, 0.2) is 0 Å². The highest BCUT2D eigenvalue weighted by Gasteiger charge is 2.41. The number of hydrogen-bond acceptors (Lipinski definition) is 5. The summed E-state index contributed by atoms with van der Waals surface area (Å²) in [6.45, 7) is 0.821. The second kappa shape index (κ2) is 5.36. The molecule has 6 nitrogen and oxygen atoms in total. The molecular formula is C14H20N4O2. The van der Waals surface area contributed by atoms with Crippen LogP contribution in [0.3, 0.4) is 0 Å². The molecule has 0 bridgehead atoms. The quantitative estimate of drug-likeness (QED) is 0.836. The van der Waals surface area contributed by atoms with Gasteiger partial charge in [0.2, 0.25) is 11.9 Å². The van der Waals surface area contributed by atoms with Gasteiger partial charge in [-0.05, 0) is 38.2 Å². The SMILES string of the molecule is O=C(NC1(CO)CCC1)C1CCCN1c1ncccn1. The first-order valence-electron chi connectivity index (χ1n) is 7.21. The van der Waals surface area contributed by atoms with E-state index in [1.807, 2.05) is 4.90 Å². The summed E-state index contributed by atoms with van der Waals surface area (Å²) in [6.07, 6.45) is 7.95. The molecule has 1 aromatic rings. The molecule has 3 rings (SSSR count). The van der Waals surface area contributed by atoms with Crippen LogP contribution < -0.4 is 10.2 Å². The predicted molar refractivity (Wildman–Crippen MR) is 74.2 cm³/mol. The van der Waals surface area contributed by atoms with Crippen molar-refractivity contribution in [1.82, 2.24) is 15.3 Å². The van der Waals surface area contributed by atoms with E-state index in [1.165, 1.54) is 0 Å². The molecule has 6 heteroatoms. The number of aromatic nitrogens is 2. The molecular weight excluding hydrogens is 256 g/mol. The fraction of sp³-hybridized carbons (Fsp3) is 0.643. The van der Waals surface area contributed by atoms with Gasteiger partial charge >= 0.3 is 0 Å². The van der Waals surface area contributed by atoms with Crippen LogP contribution in [0.15, 0.2) is 18.5 Å². The van der Waals surface area contributed by atoms with Gasteiger partial charge in [-0.2, -0.15) is 0 Å². The maximum Gasteiger partial charge on any atom is 0.243 e. The lowest BCUT2D eigenvalue weighted by molar-refractivity contribution is -0.126. The van der Waals surface area contributed by atoms with Gasteiger partial charge in [0, 0.05) is 18.9 Å². The summed E-state index contributed by atoms with van der Waals surface area (Å²) in [5, 5.41) is 12.5. The van der Waals surface area contributed by atoms with Crippen molar-refractivity contribution >= 4 is 11.9 Å². The Morgan fingerprint density at radius 1 is 1.40 bits per heavy atom.